The summed E-state index contributed by atoms with van der Waals surface area (Å²) in [6, 6.07) is 8.95. The number of alkyl halides is 3. The van der Waals surface area contributed by atoms with Gasteiger partial charge in [-0.2, -0.15) is 13.2 Å². The molecule has 0 spiro atoms. The second kappa shape index (κ2) is 6.15. The Kier molecular flexibility index (Phi) is 4.68. The second-order valence-corrected chi connectivity index (χ2v) is 5.41. The van der Waals surface area contributed by atoms with E-state index in [2.05, 4.69) is 15.9 Å². The molecule has 0 aliphatic heterocycles. The maximum absolute atomic E-state index is 13.1. The van der Waals surface area contributed by atoms with E-state index < -0.39 is 23.7 Å². The molecule has 0 fully saturated rings. The third-order valence-corrected chi connectivity index (χ3v) is 3.65. The van der Waals surface area contributed by atoms with Gasteiger partial charge in [-0.1, -0.05) is 24.3 Å². The van der Waals surface area contributed by atoms with Crippen LogP contribution in [0.1, 0.15) is 22.8 Å². The molecule has 1 N–H and O–H groups in total. The van der Waals surface area contributed by atoms with Crippen molar-refractivity contribution in [3.8, 4) is 0 Å². The standard InChI is InChI=1S/C15H11BrF4O/c16-12-7-9(5-6-13(12)17)8-14(21)10-3-1-2-4-11(10)15(18,19)20/h1-7,14,21H,8H2. The second-order valence-electron chi connectivity index (χ2n) is 4.55. The van der Waals surface area contributed by atoms with Crippen molar-refractivity contribution in [1.29, 1.82) is 0 Å². The zero-order chi connectivity index (χ0) is 15.6. The molecule has 2 rings (SSSR count). The van der Waals surface area contributed by atoms with Gasteiger partial charge in [0.15, 0.2) is 0 Å². The molecule has 112 valence electrons. The van der Waals surface area contributed by atoms with E-state index in [1.54, 1.807) is 0 Å². The van der Waals surface area contributed by atoms with Gasteiger partial charge in [0, 0.05) is 6.42 Å². The Bertz CT molecular complexity index is 640. The van der Waals surface area contributed by atoms with Crippen LogP contribution in [0.2, 0.25) is 0 Å². The van der Waals surface area contributed by atoms with E-state index in [0.717, 1.165) is 6.07 Å². The van der Waals surface area contributed by atoms with Crippen molar-refractivity contribution in [2.24, 2.45) is 0 Å². The van der Waals surface area contributed by atoms with E-state index in [9.17, 15) is 22.7 Å². The molecule has 0 aliphatic carbocycles. The number of benzene rings is 2. The quantitative estimate of drug-likeness (QED) is 0.771. The highest BCUT2D eigenvalue weighted by atomic mass is 79.9. The molecule has 0 radical (unpaired) electrons. The maximum atomic E-state index is 13.1. The highest BCUT2D eigenvalue weighted by molar-refractivity contribution is 9.10. The SMILES string of the molecule is OC(Cc1ccc(F)c(Br)c1)c1ccccc1C(F)(F)F. The molecule has 1 unspecified atom stereocenters. The molecule has 0 amide bonds. The lowest BCUT2D eigenvalue weighted by Gasteiger charge is -2.17. The fourth-order valence-electron chi connectivity index (χ4n) is 2.05. The van der Waals surface area contributed by atoms with Crippen LogP contribution in [-0.2, 0) is 12.6 Å². The Morgan fingerprint density at radius 3 is 2.38 bits per heavy atom. The average Bonchev–Trinajstić information content (AvgIpc) is 2.42. The third-order valence-electron chi connectivity index (χ3n) is 3.04. The van der Waals surface area contributed by atoms with Gasteiger partial charge >= 0.3 is 6.18 Å². The molecule has 0 heterocycles. The highest BCUT2D eigenvalue weighted by Crippen LogP contribution is 2.35. The summed E-state index contributed by atoms with van der Waals surface area (Å²) in [6.07, 6.45) is -5.88. The van der Waals surface area contributed by atoms with Gasteiger partial charge < -0.3 is 5.11 Å². The molecular weight excluding hydrogens is 352 g/mol. The summed E-state index contributed by atoms with van der Waals surface area (Å²) >= 11 is 3.00. The third kappa shape index (κ3) is 3.83. The van der Waals surface area contributed by atoms with Crippen molar-refractivity contribution < 1.29 is 22.7 Å². The Morgan fingerprint density at radius 1 is 1.10 bits per heavy atom. The lowest BCUT2D eigenvalue weighted by molar-refractivity contribution is -0.139. The average molecular weight is 363 g/mol. The predicted molar refractivity (Wildman–Crippen MR) is 74.2 cm³/mol. The zero-order valence-electron chi connectivity index (χ0n) is 10.7. The summed E-state index contributed by atoms with van der Waals surface area (Å²) in [4.78, 5) is 0. The minimum Gasteiger partial charge on any atom is -0.388 e. The lowest BCUT2D eigenvalue weighted by atomic mass is 9.97. The number of rotatable bonds is 3. The minimum atomic E-state index is -4.53. The summed E-state index contributed by atoms with van der Waals surface area (Å²) < 4.78 is 52.0. The molecule has 0 bridgehead atoms. The van der Waals surface area contributed by atoms with Crippen LogP contribution in [0.25, 0.3) is 0 Å². The molecule has 2 aromatic rings. The van der Waals surface area contributed by atoms with Gasteiger partial charge in [-0.05, 0) is 45.3 Å². The summed E-state index contributed by atoms with van der Waals surface area (Å²) in [5, 5.41) is 10.1. The van der Waals surface area contributed by atoms with Gasteiger partial charge in [-0.25, -0.2) is 4.39 Å². The van der Waals surface area contributed by atoms with Gasteiger partial charge in [0.25, 0.3) is 0 Å². The van der Waals surface area contributed by atoms with Crippen LogP contribution in [0.15, 0.2) is 46.9 Å². The van der Waals surface area contributed by atoms with E-state index in [1.807, 2.05) is 0 Å². The number of aliphatic hydroxyl groups excluding tert-OH is 1. The van der Waals surface area contributed by atoms with E-state index >= 15 is 0 Å². The first kappa shape index (κ1) is 16.0. The monoisotopic (exact) mass is 362 g/mol. The van der Waals surface area contributed by atoms with E-state index in [1.165, 1.54) is 36.4 Å². The van der Waals surface area contributed by atoms with Crippen LogP contribution in [0.4, 0.5) is 17.6 Å². The Labute approximate surface area is 127 Å². The molecule has 1 atom stereocenters. The van der Waals surface area contributed by atoms with Crippen LogP contribution in [0.3, 0.4) is 0 Å². The van der Waals surface area contributed by atoms with Crippen molar-refractivity contribution in [2.75, 3.05) is 0 Å². The van der Waals surface area contributed by atoms with Crippen molar-refractivity contribution in [2.45, 2.75) is 18.7 Å². The van der Waals surface area contributed by atoms with Gasteiger partial charge in [0.1, 0.15) is 5.82 Å². The summed E-state index contributed by atoms with van der Waals surface area (Å²) in [7, 11) is 0. The predicted octanol–water partition coefficient (Wildman–Crippen LogP) is 4.88. The first-order valence-electron chi connectivity index (χ1n) is 6.07. The van der Waals surface area contributed by atoms with Crippen LogP contribution >= 0.6 is 15.9 Å². The van der Waals surface area contributed by atoms with Crippen LogP contribution in [-0.4, -0.2) is 5.11 Å². The molecule has 0 saturated carbocycles. The first-order chi connectivity index (χ1) is 9.79. The number of hydrogen-bond acceptors (Lipinski definition) is 1. The molecule has 0 saturated heterocycles. The van der Waals surface area contributed by atoms with Gasteiger partial charge in [0.2, 0.25) is 0 Å². The molecule has 2 aromatic carbocycles. The van der Waals surface area contributed by atoms with Crippen molar-refractivity contribution in [1.82, 2.24) is 0 Å². The zero-order valence-corrected chi connectivity index (χ0v) is 12.2. The van der Waals surface area contributed by atoms with Gasteiger partial charge in [-0.3, -0.25) is 0 Å². The number of hydrogen-bond donors (Lipinski definition) is 1. The van der Waals surface area contributed by atoms with Crippen molar-refractivity contribution >= 4 is 15.9 Å². The van der Waals surface area contributed by atoms with Crippen molar-refractivity contribution in [3.63, 3.8) is 0 Å². The number of halogens is 5. The molecule has 21 heavy (non-hydrogen) atoms. The van der Waals surface area contributed by atoms with Crippen LogP contribution in [0, 0.1) is 5.82 Å². The maximum Gasteiger partial charge on any atom is 0.416 e. The molecule has 1 nitrogen and oxygen atoms in total. The molecule has 6 heteroatoms. The normalized spacial score (nSPS) is 13.2. The first-order valence-corrected chi connectivity index (χ1v) is 6.86. The lowest BCUT2D eigenvalue weighted by Crippen LogP contribution is -2.13. The van der Waals surface area contributed by atoms with Crippen LogP contribution < -0.4 is 0 Å². The van der Waals surface area contributed by atoms with Gasteiger partial charge in [-0.15, -0.1) is 0 Å². The number of aliphatic hydroxyl groups is 1. The van der Waals surface area contributed by atoms with Gasteiger partial charge in [0.05, 0.1) is 16.1 Å². The van der Waals surface area contributed by atoms with Crippen molar-refractivity contribution in [3.05, 3.63) is 69.4 Å². The smallest absolute Gasteiger partial charge is 0.388 e. The summed E-state index contributed by atoms with van der Waals surface area (Å²) in [5.41, 5.74) is -0.517. The van der Waals surface area contributed by atoms with Crippen LogP contribution in [0.5, 0.6) is 0 Å². The molecular formula is C15H11BrF4O. The Hall–Kier alpha value is -1.40. The molecule has 0 aliphatic rings. The topological polar surface area (TPSA) is 20.2 Å². The highest BCUT2D eigenvalue weighted by Gasteiger charge is 2.34. The van der Waals surface area contributed by atoms with E-state index in [0.29, 0.717) is 5.56 Å². The fourth-order valence-corrected chi connectivity index (χ4v) is 2.47. The Balaban J connectivity index is 2.28. The fraction of sp³-hybridized carbons (Fsp3) is 0.200. The summed E-state index contributed by atoms with van der Waals surface area (Å²) in [5.74, 6) is -0.469. The minimum absolute atomic E-state index is 0.0357. The molecule has 0 aromatic heterocycles. The van der Waals surface area contributed by atoms with E-state index in [-0.39, 0.29) is 16.5 Å². The summed E-state index contributed by atoms with van der Waals surface area (Å²) in [6.45, 7) is 0. The largest absolute Gasteiger partial charge is 0.416 e. The van der Waals surface area contributed by atoms with E-state index in [4.69, 9.17) is 0 Å². The Morgan fingerprint density at radius 2 is 1.76 bits per heavy atom.